The van der Waals surface area contributed by atoms with Gasteiger partial charge in [0.25, 0.3) is 0 Å². The van der Waals surface area contributed by atoms with Crippen LogP contribution in [0.5, 0.6) is 0 Å². The quantitative estimate of drug-likeness (QED) is 0.252. The lowest BCUT2D eigenvalue weighted by Gasteiger charge is -2.32. The molecule has 10 heteroatoms. The van der Waals surface area contributed by atoms with Gasteiger partial charge in [-0.05, 0) is 110 Å². The Morgan fingerprint density at radius 2 is 1.82 bits per heavy atom. The predicted molar refractivity (Wildman–Crippen MR) is 175 cm³/mol. The van der Waals surface area contributed by atoms with E-state index in [0.717, 1.165) is 79.8 Å². The highest BCUT2D eigenvalue weighted by molar-refractivity contribution is 5.83. The zero-order valence-corrected chi connectivity index (χ0v) is 27.6. The Morgan fingerprint density at radius 1 is 1.11 bits per heavy atom. The largest absolute Gasteiger partial charge is 0.458 e. The van der Waals surface area contributed by atoms with Gasteiger partial charge in [0.15, 0.2) is 5.60 Å². The number of hydrogen-bond donors (Lipinski definition) is 3. The number of carbonyl (C=O) groups is 1. The van der Waals surface area contributed by atoms with Crippen LogP contribution in [0.4, 0.5) is 11.6 Å². The minimum atomic E-state index is -0.747. The summed E-state index contributed by atoms with van der Waals surface area (Å²) < 4.78 is 17.1. The number of esters is 1. The van der Waals surface area contributed by atoms with Gasteiger partial charge in [-0.2, -0.15) is 5.26 Å². The molecular weight excluding hydrogens is 568 g/mol. The van der Waals surface area contributed by atoms with Crippen molar-refractivity contribution >= 4 is 17.6 Å². The van der Waals surface area contributed by atoms with Crippen LogP contribution in [-0.2, 0) is 19.0 Å². The first kappa shape index (κ1) is 33.1. The Kier molecular flexibility index (Phi) is 10.3. The van der Waals surface area contributed by atoms with Gasteiger partial charge < -0.3 is 30.2 Å². The smallest absolute Gasteiger partial charge is 0.338 e. The minimum Gasteiger partial charge on any atom is -0.458 e. The van der Waals surface area contributed by atoms with Crippen molar-refractivity contribution in [1.29, 1.82) is 5.26 Å². The van der Waals surface area contributed by atoms with Gasteiger partial charge in [0, 0.05) is 49.6 Å². The third-order valence-corrected chi connectivity index (χ3v) is 9.11. The first-order chi connectivity index (χ1) is 21.5. The number of ether oxygens (including phenoxy) is 3. The average Bonchev–Trinajstić information content (AvgIpc) is 3.82. The predicted octanol–water partition coefficient (Wildman–Crippen LogP) is 5.78. The van der Waals surface area contributed by atoms with E-state index in [1.54, 1.807) is 0 Å². The Balaban J connectivity index is 1.10. The van der Waals surface area contributed by atoms with Crippen molar-refractivity contribution in [2.45, 2.75) is 115 Å². The summed E-state index contributed by atoms with van der Waals surface area (Å²) in [6.07, 6.45) is 9.04. The van der Waals surface area contributed by atoms with Crippen LogP contribution in [0.2, 0.25) is 0 Å². The summed E-state index contributed by atoms with van der Waals surface area (Å²) in [6, 6.07) is 11.5. The number of carbonyl (C=O) groups excluding carboxylic acids is 1. The summed E-state index contributed by atoms with van der Waals surface area (Å²) in [4.78, 5) is 22.1. The molecule has 5 rings (SSSR count). The SMILES string of the molecule is Cc1cnc(N[C@H]2CC[C@H](N[C@@H](C)COC3(C(=O)OC(C)(C)C)CC3)CC2)cc1-c1cccc(NCC2(C#N)CCOCC2)n1. The molecule has 244 valence electrons. The number of rotatable bonds is 12. The van der Waals surface area contributed by atoms with Crippen LogP contribution in [0, 0.1) is 23.7 Å². The van der Waals surface area contributed by atoms with E-state index < -0.39 is 16.6 Å². The van der Waals surface area contributed by atoms with Crippen molar-refractivity contribution in [2.75, 3.05) is 37.0 Å². The third-order valence-electron chi connectivity index (χ3n) is 9.11. The Hall–Kier alpha value is -3.26. The van der Waals surface area contributed by atoms with E-state index in [0.29, 0.717) is 38.4 Å². The molecule has 1 saturated heterocycles. The second kappa shape index (κ2) is 14.0. The summed E-state index contributed by atoms with van der Waals surface area (Å²) in [7, 11) is 0. The molecular formula is C35H50N6O4. The highest BCUT2D eigenvalue weighted by Crippen LogP contribution is 2.42. The number of nitrogens with zero attached hydrogens (tertiary/aromatic N) is 3. The number of nitrogens with one attached hydrogen (secondary N) is 3. The van der Waals surface area contributed by atoms with Crippen LogP contribution in [-0.4, -0.2) is 71.6 Å². The van der Waals surface area contributed by atoms with E-state index in [4.69, 9.17) is 19.2 Å². The molecule has 0 amide bonds. The third kappa shape index (κ3) is 8.93. The molecule has 3 fully saturated rings. The first-order valence-corrected chi connectivity index (χ1v) is 16.6. The molecule has 45 heavy (non-hydrogen) atoms. The fourth-order valence-corrected chi connectivity index (χ4v) is 6.15. The topological polar surface area (TPSA) is 130 Å². The van der Waals surface area contributed by atoms with E-state index in [9.17, 15) is 10.1 Å². The number of pyridine rings is 2. The summed E-state index contributed by atoms with van der Waals surface area (Å²) in [6.45, 7) is 12.1. The van der Waals surface area contributed by atoms with Crippen LogP contribution in [0.25, 0.3) is 11.3 Å². The second-order valence-electron chi connectivity index (χ2n) is 14.2. The van der Waals surface area contributed by atoms with Crippen LogP contribution < -0.4 is 16.0 Å². The number of nitriles is 1. The van der Waals surface area contributed by atoms with Crippen molar-refractivity contribution in [3.05, 3.63) is 36.0 Å². The zero-order valence-electron chi connectivity index (χ0n) is 27.6. The molecule has 2 aromatic rings. The van der Waals surface area contributed by atoms with E-state index in [-0.39, 0.29) is 12.0 Å². The molecule has 0 bridgehead atoms. The van der Waals surface area contributed by atoms with E-state index in [1.807, 2.05) is 45.2 Å². The molecule has 2 aromatic heterocycles. The summed E-state index contributed by atoms with van der Waals surface area (Å²) in [5.41, 5.74) is 1.32. The normalized spacial score (nSPS) is 22.9. The molecule has 0 aromatic carbocycles. The van der Waals surface area contributed by atoms with Gasteiger partial charge in [-0.25, -0.2) is 14.8 Å². The van der Waals surface area contributed by atoms with Crippen molar-refractivity contribution in [3.63, 3.8) is 0 Å². The van der Waals surface area contributed by atoms with Crippen molar-refractivity contribution in [3.8, 4) is 17.3 Å². The molecule has 2 saturated carbocycles. The molecule has 3 N–H and O–H groups in total. The highest BCUT2D eigenvalue weighted by atomic mass is 16.6. The van der Waals surface area contributed by atoms with Crippen molar-refractivity contribution in [2.24, 2.45) is 5.41 Å². The van der Waals surface area contributed by atoms with E-state index >= 15 is 0 Å². The summed E-state index contributed by atoms with van der Waals surface area (Å²) >= 11 is 0. The number of aromatic nitrogens is 2. The Morgan fingerprint density at radius 3 is 2.49 bits per heavy atom. The molecule has 1 aliphatic heterocycles. The van der Waals surface area contributed by atoms with Crippen molar-refractivity contribution in [1.82, 2.24) is 15.3 Å². The van der Waals surface area contributed by atoms with E-state index in [1.165, 1.54) is 0 Å². The number of anilines is 2. The fourth-order valence-electron chi connectivity index (χ4n) is 6.15. The zero-order chi connectivity index (χ0) is 32.1. The first-order valence-electron chi connectivity index (χ1n) is 16.6. The van der Waals surface area contributed by atoms with Crippen LogP contribution in [0.15, 0.2) is 30.5 Å². The lowest BCUT2D eigenvalue weighted by atomic mass is 9.82. The summed E-state index contributed by atoms with van der Waals surface area (Å²) in [5, 5.41) is 20.6. The number of aryl methyl sites for hydroxylation is 1. The lowest BCUT2D eigenvalue weighted by Crippen LogP contribution is -2.44. The van der Waals surface area contributed by atoms with Crippen molar-refractivity contribution < 1.29 is 19.0 Å². The Bertz CT molecular complexity index is 1350. The molecule has 0 unspecified atom stereocenters. The monoisotopic (exact) mass is 618 g/mol. The van der Waals surface area contributed by atoms with Gasteiger partial charge in [0.05, 0.1) is 23.8 Å². The maximum atomic E-state index is 12.6. The van der Waals surface area contributed by atoms with E-state index in [2.05, 4.69) is 46.9 Å². The maximum Gasteiger partial charge on any atom is 0.338 e. The van der Waals surface area contributed by atoms with Gasteiger partial charge in [-0.1, -0.05) is 6.07 Å². The standard InChI is InChI=1S/C35H50N6O4/c1-24-20-37-31(19-28(24)29-7-6-8-30(41-29)38-23-34(22-36)15-17-43-18-16-34)40-27-11-9-26(10-12-27)39-25(2)21-44-35(13-14-35)32(42)45-33(3,4)5/h6-8,19-20,25-27,39H,9-18,21,23H2,1-5H3,(H,37,40)(H,38,41)/t25-,26-,27-/m0/s1. The molecule has 3 aliphatic rings. The van der Waals surface area contributed by atoms with Gasteiger partial charge in [-0.3, -0.25) is 0 Å². The van der Waals surface area contributed by atoms with Crippen LogP contribution >= 0.6 is 0 Å². The molecule has 0 spiro atoms. The Labute approximate surface area is 268 Å². The number of hydrogen-bond acceptors (Lipinski definition) is 10. The molecule has 0 radical (unpaired) electrons. The molecule has 10 nitrogen and oxygen atoms in total. The maximum absolute atomic E-state index is 12.6. The molecule has 2 aliphatic carbocycles. The lowest BCUT2D eigenvalue weighted by molar-refractivity contribution is -0.172. The van der Waals surface area contributed by atoms with Gasteiger partial charge in [0.2, 0.25) is 0 Å². The fraction of sp³-hybridized carbons (Fsp3) is 0.657. The minimum absolute atomic E-state index is 0.153. The van der Waals surface area contributed by atoms with Gasteiger partial charge in [-0.15, -0.1) is 0 Å². The average molecular weight is 619 g/mol. The van der Waals surface area contributed by atoms with Crippen LogP contribution in [0.3, 0.4) is 0 Å². The van der Waals surface area contributed by atoms with Gasteiger partial charge in [0.1, 0.15) is 17.2 Å². The summed E-state index contributed by atoms with van der Waals surface area (Å²) in [5.74, 6) is 1.39. The molecule has 1 atom stereocenters. The molecule has 3 heterocycles. The van der Waals surface area contributed by atoms with Crippen LogP contribution in [0.1, 0.15) is 84.6 Å². The van der Waals surface area contributed by atoms with Gasteiger partial charge >= 0.3 is 5.97 Å². The highest BCUT2D eigenvalue weighted by Gasteiger charge is 2.54. The second-order valence-corrected chi connectivity index (χ2v) is 14.2.